The third kappa shape index (κ3) is 5.33. The summed E-state index contributed by atoms with van der Waals surface area (Å²) in [5.41, 5.74) is 5.72. The molecule has 3 N–H and O–H groups in total. The number of nitrogens with two attached hydrogens (primary N) is 1. The van der Waals surface area contributed by atoms with E-state index in [9.17, 15) is 18.0 Å². The molecule has 0 bridgehead atoms. The zero-order valence-electron chi connectivity index (χ0n) is 11.0. The second-order valence-corrected chi connectivity index (χ2v) is 4.77. The van der Waals surface area contributed by atoms with Crippen molar-refractivity contribution in [2.45, 2.75) is 38.2 Å². The van der Waals surface area contributed by atoms with Crippen LogP contribution in [0.25, 0.3) is 0 Å². The van der Waals surface area contributed by atoms with E-state index in [0.717, 1.165) is 0 Å². The van der Waals surface area contributed by atoms with Crippen molar-refractivity contribution >= 4 is 5.91 Å². The van der Waals surface area contributed by atoms with Gasteiger partial charge in [-0.25, -0.2) is 0 Å². The smallest absolute Gasteiger partial charge is 0.374 e. The number of ether oxygens (including phenoxy) is 1. The summed E-state index contributed by atoms with van der Waals surface area (Å²) in [5.74, 6) is -0.636. The molecule has 1 heterocycles. The number of rotatable bonds is 4. The number of hydrogen-bond acceptors (Lipinski definition) is 4. The number of alkyl halides is 3. The minimum Gasteiger partial charge on any atom is -0.374 e. The van der Waals surface area contributed by atoms with Crippen LogP contribution < -0.4 is 11.1 Å². The van der Waals surface area contributed by atoms with E-state index in [1.165, 1.54) is 0 Å². The Morgan fingerprint density at radius 2 is 2.16 bits per heavy atom. The lowest BCUT2D eigenvalue weighted by Gasteiger charge is -2.37. The van der Waals surface area contributed by atoms with Crippen molar-refractivity contribution in [2.24, 2.45) is 5.73 Å². The van der Waals surface area contributed by atoms with Gasteiger partial charge in [-0.1, -0.05) is 0 Å². The predicted octanol–water partition coefficient (Wildman–Crippen LogP) is 0.101. The van der Waals surface area contributed by atoms with Gasteiger partial charge in [0.2, 0.25) is 5.91 Å². The molecule has 1 rings (SSSR count). The van der Waals surface area contributed by atoms with Crippen LogP contribution in [0.3, 0.4) is 0 Å². The summed E-state index contributed by atoms with van der Waals surface area (Å²) in [7, 11) is 0. The molecule has 1 amide bonds. The molecule has 19 heavy (non-hydrogen) atoms. The highest BCUT2D eigenvalue weighted by atomic mass is 19.4. The van der Waals surface area contributed by atoms with Crippen LogP contribution in [0, 0.1) is 0 Å². The lowest BCUT2D eigenvalue weighted by Crippen LogP contribution is -2.56. The first kappa shape index (κ1) is 16.2. The van der Waals surface area contributed by atoms with Gasteiger partial charge in [0.1, 0.15) is 6.54 Å². The SMILES string of the molecule is CC(N)C1CN(C(C)C(=O)NCC(F)(F)F)CCO1. The Balaban J connectivity index is 2.47. The van der Waals surface area contributed by atoms with Gasteiger partial charge in [0.05, 0.1) is 18.8 Å². The minimum atomic E-state index is -4.39. The first-order valence-electron chi connectivity index (χ1n) is 6.16. The van der Waals surface area contributed by atoms with Crippen molar-refractivity contribution in [2.75, 3.05) is 26.2 Å². The quantitative estimate of drug-likeness (QED) is 0.768. The molecule has 3 unspecified atom stereocenters. The van der Waals surface area contributed by atoms with Crippen molar-refractivity contribution in [1.29, 1.82) is 0 Å². The van der Waals surface area contributed by atoms with E-state index >= 15 is 0 Å². The van der Waals surface area contributed by atoms with E-state index in [1.807, 2.05) is 5.32 Å². The number of nitrogens with zero attached hydrogens (tertiary/aromatic N) is 1. The molecule has 0 aromatic rings. The van der Waals surface area contributed by atoms with Gasteiger partial charge >= 0.3 is 6.18 Å². The number of nitrogens with one attached hydrogen (secondary N) is 1. The molecule has 1 saturated heterocycles. The Morgan fingerprint density at radius 3 is 2.68 bits per heavy atom. The summed E-state index contributed by atoms with van der Waals surface area (Å²) >= 11 is 0. The number of carbonyl (C=O) groups excluding carboxylic acids is 1. The van der Waals surface area contributed by atoms with Crippen molar-refractivity contribution in [3.63, 3.8) is 0 Å². The molecule has 3 atom stereocenters. The predicted molar refractivity (Wildman–Crippen MR) is 63.5 cm³/mol. The average Bonchev–Trinajstić information content (AvgIpc) is 2.34. The molecule has 1 aliphatic rings. The number of hydrogen-bond donors (Lipinski definition) is 2. The van der Waals surface area contributed by atoms with Gasteiger partial charge in [-0.05, 0) is 13.8 Å². The van der Waals surface area contributed by atoms with E-state index in [0.29, 0.717) is 19.7 Å². The highest BCUT2D eigenvalue weighted by Crippen LogP contribution is 2.14. The first-order chi connectivity index (χ1) is 8.70. The summed E-state index contributed by atoms with van der Waals surface area (Å²) in [6.07, 6.45) is -4.60. The van der Waals surface area contributed by atoms with Gasteiger partial charge in [0.15, 0.2) is 0 Å². The van der Waals surface area contributed by atoms with Crippen LogP contribution in [0.15, 0.2) is 0 Å². The van der Waals surface area contributed by atoms with E-state index in [2.05, 4.69) is 0 Å². The van der Waals surface area contributed by atoms with Crippen LogP contribution in [0.1, 0.15) is 13.8 Å². The topological polar surface area (TPSA) is 67.6 Å². The molecular formula is C11H20F3N3O2. The van der Waals surface area contributed by atoms with Crippen LogP contribution in [0.2, 0.25) is 0 Å². The molecule has 1 fully saturated rings. The maximum absolute atomic E-state index is 12.0. The van der Waals surface area contributed by atoms with E-state index < -0.39 is 24.7 Å². The average molecular weight is 283 g/mol. The number of morpholine rings is 1. The standard InChI is InChI=1S/C11H20F3N3O2/c1-7(15)9-5-17(3-4-19-9)8(2)10(18)16-6-11(12,13)14/h7-9H,3-6,15H2,1-2H3,(H,16,18). The second kappa shape index (κ2) is 6.53. The Bertz CT molecular complexity index is 310. The van der Waals surface area contributed by atoms with E-state index in [4.69, 9.17) is 10.5 Å². The van der Waals surface area contributed by atoms with Gasteiger partial charge in [0.25, 0.3) is 0 Å². The fraction of sp³-hybridized carbons (Fsp3) is 0.909. The Labute approximate surface area is 110 Å². The largest absolute Gasteiger partial charge is 0.405 e. The number of halogens is 3. The molecule has 0 saturated carbocycles. The molecule has 1 aliphatic heterocycles. The van der Waals surface area contributed by atoms with Gasteiger partial charge in [-0.3, -0.25) is 9.69 Å². The van der Waals surface area contributed by atoms with Crippen molar-refractivity contribution in [3.8, 4) is 0 Å². The van der Waals surface area contributed by atoms with Gasteiger partial charge in [-0.15, -0.1) is 0 Å². The zero-order chi connectivity index (χ0) is 14.6. The van der Waals surface area contributed by atoms with Crippen LogP contribution in [0.5, 0.6) is 0 Å². The van der Waals surface area contributed by atoms with Crippen LogP contribution in [0.4, 0.5) is 13.2 Å². The van der Waals surface area contributed by atoms with Crippen molar-refractivity contribution in [3.05, 3.63) is 0 Å². The molecule has 0 aromatic heterocycles. The summed E-state index contributed by atoms with van der Waals surface area (Å²) in [6, 6.07) is -0.819. The minimum absolute atomic E-state index is 0.187. The molecule has 5 nitrogen and oxygen atoms in total. The van der Waals surface area contributed by atoms with E-state index in [1.54, 1.807) is 18.7 Å². The third-order valence-corrected chi connectivity index (χ3v) is 3.10. The maximum atomic E-state index is 12.0. The number of amides is 1. The fourth-order valence-electron chi connectivity index (χ4n) is 1.87. The fourth-order valence-corrected chi connectivity index (χ4v) is 1.87. The van der Waals surface area contributed by atoms with Crippen LogP contribution in [-0.2, 0) is 9.53 Å². The lowest BCUT2D eigenvalue weighted by atomic mass is 10.1. The summed E-state index contributed by atoms with van der Waals surface area (Å²) < 4.78 is 41.5. The van der Waals surface area contributed by atoms with Crippen LogP contribution in [-0.4, -0.2) is 61.4 Å². The zero-order valence-corrected chi connectivity index (χ0v) is 11.0. The van der Waals surface area contributed by atoms with Gasteiger partial charge in [0, 0.05) is 19.1 Å². The maximum Gasteiger partial charge on any atom is 0.405 e. The van der Waals surface area contributed by atoms with Crippen LogP contribution >= 0.6 is 0 Å². The lowest BCUT2D eigenvalue weighted by molar-refractivity contribution is -0.143. The molecule has 112 valence electrons. The molecule has 0 aliphatic carbocycles. The highest BCUT2D eigenvalue weighted by Gasteiger charge is 2.32. The molecule has 0 aromatic carbocycles. The number of carbonyl (C=O) groups is 1. The monoisotopic (exact) mass is 283 g/mol. The van der Waals surface area contributed by atoms with Gasteiger partial charge < -0.3 is 15.8 Å². The summed E-state index contributed by atoms with van der Waals surface area (Å²) in [6.45, 7) is 3.43. The summed E-state index contributed by atoms with van der Waals surface area (Å²) in [4.78, 5) is 13.4. The van der Waals surface area contributed by atoms with E-state index in [-0.39, 0.29) is 12.1 Å². The van der Waals surface area contributed by atoms with Gasteiger partial charge in [-0.2, -0.15) is 13.2 Å². The van der Waals surface area contributed by atoms with Crippen molar-refractivity contribution < 1.29 is 22.7 Å². The second-order valence-electron chi connectivity index (χ2n) is 4.77. The molecule has 8 heteroatoms. The molecule has 0 spiro atoms. The normalized spacial score (nSPS) is 24.8. The highest BCUT2D eigenvalue weighted by molar-refractivity contribution is 5.81. The van der Waals surface area contributed by atoms with Crippen molar-refractivity contribution in [1.82, 2.24) is 10.2 Å². The third-order valence-electron chi connectivity index (χ3n) is 3.10. The molecule has 0 radical (unpaired) electrons. The summed E-state index contributed by atoms with van der Waals surface area (Å²) in [5, 5.41) is 1.89. The first-order valence-corrected chi connectivity index (χ1v) is 6.16. The Hall–Kier alpha value is -0.860. The Morgan fingerprint density at radius 1 is 1.53 bits per heavy atom. The Kier molecular flexibility index (Phi) is 5.57. The molecular weight excluding hydrogens is 263 g/mol.